The number of halogens is 2. The lowest BCUT2D eigenvalue weighted by molar-refractivity contribution is 0.234. The number of anilines is 1. The minimum Gasteiger partial charge on any atom is -0.331 e. The summed E-state index contributed by atoms with van der Waals surface area (Å²) < 4.78 is 0. The smallest absolute Gasteiger partial charge is 0.319 e. The normalized spacial score (nSPS) is 17.7. The van der Waals surface area contributed by atoms with E-state index in [0.717, 1.165) is 12.8 Å². The Labute approximate surface area is 122 Å². The van der Waals surface area contributed by atoms with Crippen molar-refractivity contribution in [3.63, 3.8) is 0 Å². The van der Waals surface area contributed by atoms with Gasteiger partial charge in [-0.3, -0.25) is 0 Å². The molecule has 4 nitrogen and oxygen atoms in total. The van der Waals surface area contributed by atoms with E-state index in [-0.39, 0.29) is 11.6 Å². The second-order valence-corrected chi connectivity index (χ2v) is 6.01. The molecule has 4 N–H and O–H groups in total. The molecule has 2 amide bonds. The van der Waals surface area contributed by atoms with Crippen molar-refractivity contribution in [1.82, 2.24) is 5.32 Å². The van der Waals surface area contributed by atoms with Crippen LogP contribution in [0.1, 0.15) is 19.8 Å². The van der Waals surface area contributed by atoms with Crippen molar-refractivity contribution >= 4 is 34.9 Å². The van der Waals surface area contributed by atoms with Crippen molar-refractivity contribution < 1.29 is 4.79 Å². The summed E-state index contributed by atoms with van der Waals surface area (Å²) >= 11 is 11.8. The number of carbonyl (C=O) groups is 1. The van der Waals surface area contributed by atoms with E-state index in [1.165, 1.54) is 0 Å². The maximum absolute atomic E-state index is 12.0. The van der Waals surface area contributed by atoms with E-state index >= 15 is 0 Å². The highest BCUT2D eigenvalue weighted by Crippen LogP contribution is 2.39. The molecule has 0 saturated heterocycles. The van der Waals surface area contributed by atoms with E-state index in [9.17, 15) is 4.79 Å². The van der Waals surface area contributed by atoms with Crippen LogP contribution < -0.4 is 16.4 Å². The Kier molecular flexibility index (Phi) is 4.23. The van der Waals surface area contributed by atoms with Crippen molar-refractivity contribution in [3.8, 4) is 0 Å². The topological polar surface area (TPSA) is 67.1 Å². The van der Waals surface area contributed by atoms with Gasteiger partial charge in [0.15, 0.2) is 0 Å². The number of hydrogen-bond acceptors (Lipinski definition) is 2. The van der Waals surface area contributed by atoms with Crippen LogP contribution in [0, 0.1) is 5.92 Å². The Bertz CT molecular complexity index is 471. The van der Waals surface area contributed by atoms with Crippen LogP contribution in [-0.2, 0) is 0 Å². The molecule has 19 heavy (non-hydrogen) atoms. The van der Waals surface area contributed by atoms with Crippen molar-refractivity contribution in [2.24, 2.45) is 11.7 Å². The second-order valence-electron chi connectivity index (χ2n) is 5.13. The van der Waals surface area contributed by atoms with Crippen LogP contribution in [0.15, 0.2) is 18.2 Å². The van der Waals surface area contributed by atoms with Gasteiger partial charge in [0.05, 0.1) is 5.54 Å². The van der Waals surface area contributed by atoms with E-state index < -0.39 is 0 Å². The van der Waals surface area contributed by atoms with Crippen LogP contribution in [0.25, 0.3) is 0 Å². The molecule has 1 aromatic rings. The number of rotatable bonds is 4. The van der Waals surface area contributed by atoms with Gasteiger partial charge in [-0.15, -0.1) is 0 Å². The van der Waals surface area contributed by atoms with Crippen molar-refractivity contribution in [2.75, 3.05) is 11.9 Å². The first-order chi connectivity index (χ1) is 8.93. The van der Waals surface area contributed by atoms with Gasteiger partial charge in [0.2, 0.25) is 0 Å². The molecule has 6 heteroatoms. The summed E-state index contributed by atoms with van der Waals surface area (Å²) in [5.41, 5.74) is 5.96. The highest BCUT2D eigenvalue weighted by molar-refractivity contribution is 6.35. The Morgan fingerprint density at radius 2 is 1.95 bits per heavy atom. The fourth-order valence-corrected chi connectivity index (χ4v) is 2.61. The largest absolute Gasteiger partial charge is 0.331 e. The third-order valence-corrected chi connectivity index (χ3v) is 3.86. The van der Waals surface area contributed by atoms with Crippen LogP contribution in [-0.4, -0.2) is 18.1 Å². The first kappa shape index (κ1) is 14.4. The summed E-state index contributed by atoms with van der Waals surface area (Å²) in [4.78, 5) is 12.0. The first-order valence-electron chi connectivity index (χ1n) is 6.18. The van der Waals surface area contributed by atoms with E-state index in [0.29, 0.717) is 28.2 Å². The Morgan fingerprint density at radius 3 is 2.42 bits per heavy atom. The highest BCUT2D eigenvalue weighted by Gasteiger charge is 2.41. The SMILES string of the molecule is CC(CN)(NC(=O)Nc1cc(Cl)cc(Cl)c1)C1CC1. The zero-order valence-corrected chi connectivity index (χ0v) is 12.2. The van der Waals surface area contributed by atoms with Crippen molar-refractivity contribution in [2.45, 2.75) is 25.3 Å². The molecule has 0 radical (unpaired) electrons. The lowest BCUT2D eigenvalue weighted by atomic mass is 9.96. The van der Waals surface area contributed by atoms with Gasteiger partial charge in [-0.2, -0.15) is 0 Å². The van der Waals surface area contributed by atoms with Gasteiger partial charge in [0, 0.05) is 22.3 Å². The standard InChI is InChI=1S/C13H17Cl2N3O/c1-13(7-16,8-2-3-8)18-12(19)17-11-5-9(14)4-10(15)6-11/h4-6,8H,2-3,7,16H2,1H3,(H2,17,18,19). The molecule has 0 spiro atoms. The Balaban J connectivity index is 2.00. The van der Waals surface area contributed by atoms with E-state index in [2.05, 4.69) is 10.6 Å². The van der Waals surface area contributed by atoms with Gasteiger partial charge in [-0.1, -0.05) is 23.2 Å². The van der Waals surface area contributed by atoms with Gasteiger partial charge >= 0.3 is 6.03 Å². The molecule has 1 unspecified atom stereocenters. The number of benzene rings is 1. The molecule has 0 aliphatic heterocycles. The third kappa shape index (κ3) is 3.75. The number of carbonyl (C=O) groups excluding carboxylic acids is 1. The Morgan fingerprint density at radius 1 is 1.37 bits per heavy atom. The van der Waals surface area contributed by atoms with Gasteiger partial charge in [-0.05, 0) is 43.9 Å². The maximum atomic E-state index is 12.0. The molecule has 1 aliphatic rings. The molecule has 1 saturated carbocycles. The van der Waals surface area contributed by atoms with Crippen LogP contribution in [0.4, 0.5) is 10.5 Å². The van der Waals surface area contributed by atoms with Crippen LogP contribution in [0.2, 0.25) is 10.0 Å². The molecular formula is C13H17Cl2N3O. The Hall–Kier alpha value is -0.970. The number of urea groups is 1. The third-order valence-electron chi connectivity index (χ3n) is 3.42. The molecule has 104 valence electrons. The molecule has 1 aliphatic carbocycles. The molecule has 0 bridgehead atoms. The lowest BCUT2D eigenvalue weighted by Crippen LogP contribution is -2.54. The van der Waals surface area contributed by atoms with E-state index in [1.54, 1.807) is 18.2 Å². The summed E-state index contributed by atoms with van der Waals surface area (Å²) in [6.07, 6.45) is 2.22. The molecule has 0 aromatic heterocycles. The first-order valence-corrected chi connectivity index (χ1v) is 6.94. The van der Waals surface area contributed by atoms with Crippen molar-refractivity contribution in [3.05, 3.63) is 28.2 Å². The number of nitrogens with one attached hydrogen (secondary N) is 2. The van der Waals surface area contributed by atoms with E-state index in [1.807, 2.05) is 6.92 Å². The van der Waals surface area contributed by atoms with E-state index in [4.69, 9.17) is 28.9 Å². The van der Waals surface area contributed by atoms with Crippen LogP contribution in [0.3, 0.4) is 0 Å². The summed E-state index contributed by atoms with van der Waals surface area (Å²) in [6.45, 7) is 2.39. The van der Waals surface area contributed by atoms with Gasteiger partial charge in [0.1, 0.15) is 0 Å². The molecule has 2 rings (SSSR count). The average molecular weight is 302 g/mol. The predicted octanol–water partition coefficient (Wildman–Crippen LogP) is 3.24. The minimum absolute atomic E-state index is 0.293. The molecular weight excluding hydrogens is 285 g/mol. The number of nitrogens with two attached hydrogens (primary N) is 1. The minimum atomic E-state index is -0.355. The maximum Gasteiger partial charge on any atom is 0.319 e. The zero-order valence-electron chi connectivity index (χ0n) is 10.7. The predicted molar refractivity (Wildman–Crippen MR) is 78.8 cm³/mol. The average Bonchev–Trinajstić information content (AvgIpc) is 3.10. The van der Waals surface area contributed by atoms with Crippen molar-refractivity contribution in [1.29, 1.82) is 0 Å². The summed E-state index contributed by atoms with van der Waals surface area (Å²) in [5, 5.41) is 6.61. The van der Waals surface area contributed by atoms with Crippen LogP contribution >= 0.6 is 23.2 Å². The van der Waals surface area contributed by atoms with Gasteiger partial charge < -0.3 is 16.4 Å². The van der Waals surface area contributed by atoms with Gasteiger partial charge in [0.25, 0.3) is 0 Å². The zero-order chi connectivity index (χ0) is 14.0. The molecule has 1 atom stereocenters. The fraction of sp³-hybridized carbons (Fsp3) is 0.462. The summed E-state index contributed by atoms with van der Waals surface area (Å²) in [5.74, 6) is 0.464. The molecule has 1 fully saturated rings. The molecule has 1 aromatic carbocycles. The fourth-order valence-electron chi connectivity index (χ4n) is 2.09. The summed E-state index contributed by atoms with van der Waals surface area (Å²) in [7, 11) is 0. The number of hydrogen-bond donors (Lipinski definition) is 3. The second kappa shape index (κ2) is 5.57. The highest BCUT2D eigenvalue weighted by atomic mass is 35.5. The lowest BCUT2D eigenvalue weighted by Gasteiger charge is -2.29. The quantitative estimate of drug-likeness (QED) is 0.799. The number of amides is 2. The summed E-state index contributed by atoms with van der Waals surface area (Å²) in [6, 6.07) is 4.60. The van der Waals surface area contributed by atoms with Gasteiger partial charge in [-0.25, -0.2) is 4.79 Å². The monoisotopic (exact) mass is 301 g/mol. The molecule has 0 heterocycles. The van der Waals surface area contributed by atoms with Crippen LogP contribution in [0.5, 0.6) is 0 Å².